The second-order valence-electron chi connectivity index (χ2n) is 4.25. The van der Waals surface area contributed by atoms with Crippen molar-refractivity contribution < 1.29 is 4.92 Å². The van der Waals surface area contributed by atoms with Gasteiger partial charge >= 0.3 is 5.69 Å². The van der Waals surface area contributed by atoms with Crippen LogP contribution in [0, 0.1) is 28.4 Å². The van der Waals surface area contributed by atoms with Crippen molar-refractivity contribution >= 4 is 11.5 Å². The summed E-state index contributed by atoms with van der Waals surface area (Å²) in [6.07, 6.45) is 0.310. The van der Waals surface area contributed by atoms with Gasteiger partial charge in [0.1, 0.15) is 0 Å². The van der Waals surface area contributed by atoms with Crippen molar-refractivity contribution in [2.45, 2.75) is 33.2 Å². The van der Waals surface area contributed by atoms with E-state index in [9.17, 15) is 10.1 Å². The third-order valence-corrected chi connectivity index (χ3v) is 2.55. The van der Waals surface area contributed by atoms with Gasteiger partial charge in [0, 0.05) is 24.3 Å². The first kappa shape index (κ1) is 13.9. The molecular weight excluding hydrogens is 232 g/mol. The van der Waals surface area contributed by atoms with Crippen molar-refractivity contribution in [1.29, 1.82) is 5.26 Å². The van der Waals surface area contributed by atoms with Crippen LogP contribution in [0.4, 0.5) is 11.5 Å². The summed E-state index contributed by atoms with van der Waals surface area (Å²) in [5.41, 5.74) is 0.699. The molecule has 0 aromatic carbocycles. The van der Waals surface area contributed by atoms with Crippen molar-refractivity contribution in [3.8, 4) is 6.07 Å². The lowest BCUT2D eigenvalue weighted by atomic mass is 10.2. The summed E-state index contributed by atoms with van der Waals surface area (Å²) in [6.45, 7) is 6.07. The fraction of sp³-hybridized carbons (Fsp3) is 0.500. The Morgan fingerprint density at radius 2 is 2.22 bits per heavy atom. The van der Waals surface area contributed by atoms with Crippen LogP contribution in [0.1, 0.15) is 26.0 Å². The number of hydrogen-bond donors (Lipinski definition) is 0. The van der Waals surface area contributed by atoms with Crippen LogP contribution in [0.5, 0.6) is 0 Å². The zero-order chi connectivity index (χ0) is 13.7. The van der Waals surface area contributed by atoms with Crippen molar-refractivity contribution in [1.82, 2.24) is 4.98 Å². The van der Waals surface area contributed by atoms with Gasteiger partial charge in [-0.25, -0.2) is 4.98 Å². The molecular formula is C12H16N4O2. The lowest BCUT2D eigenvalue weighted by Crippen LogP contribution is -2.33. The maximum Gasteiger partial charge on any atom is 0.311 e. The summed E-state index contributed by atoms with van der Waals surface area (Å²) in [5.74, 6) is 0.338. The van der Waals surface area contributed by atoms with Crippen molar-refractivity contribution in [3.05, 3.63) is 27.9 Å². The number of nitrogens with zero attached hydrogens (tertiary/aromatic N) is 4. The van der Waals surface area contributed by atoms with Gasteiger partial charge in [-0.3, -0.25) is 10.1 Å². The number of nitriles is 1. The lowest BCUT2D eigenvalue weighted by molar-refractivity contribution is -0.384. The maximum atomic E-state index is 11.0. The van der Waals surface area contributed by atoms with E-state index in [0.717, 1.165) is 5.69 Å². The summed E-state index contributed by atoms with van der Waals surface area (Å²) < 4.78 is 0. The Balaban J connectivity index is 3.21. The predicted octanol–water partition coefficient (Wildman–Crippen LogP) is 2.43. The zero-order valence-electron chi connectivity index (χ0n) is 10.8. The fourth-order valence-electron chi connectivity index (χ4n) is 1.67. The third kappa shape index (κ3) is 3.17. The smallest absolute Gasteiger partial charge is 0.311 e. The van der Waals surface area contributed by atoms with E-state index < -0.39 is 4.92 Å². The molecule has 6 heteroatoms. The average Bonchev–Trinajstić information content (AvgIpc) is 2.28. The molecule has 0 amide bonds. The van der Waals surface area contributed by atoms with Crippen LogP contribution in [-0.4, -0.2) is 22.5 Å². The van der Waals surface area contributed by atoms with E-state index in [1.54, 1.807) is 17.9 Å². The summed E-state index contributed by atoms with van der Waals surface area (Å²) in [7, 11) is 0. The molecule has 1 aromatic heterocycles. The first-order valence-corrected chi connectivity index (χ1v) is 5.73. The Morgan fingerprint density at radius 1 is 1.56 bits per heavy atom. The van der Waals surface area contributed by atoms with Gasteiger partial charge in [0.25, 0.3) is 0 Å². The summed E-state index contributed by atoms with van der Waals surface area (Å²) in [5, 5.41) is 19.7. The Labute approximate surface area is 106 Å². The highest BCUT2D eigenvalue weighted by atomic mass is 16.6. The molecule has 0 saturated heterocycles. The van der Waals surface area contributed by atoms with Crippen LogP contribution in [0.25, 0.3) is 0 Å². The van der Waals surface area contributed by atoms with Gasteiger partial charge in [-0.2, -0.15) is 5.26 Å². The second-order valence-corrected chi connectivity index (χ2v) is 4.25. The number of anilines is 1. The van der Waals surface area contributed by atoms with Gasteiger partial charge in [-0.05, 0) is 26.8 Å². The molecule has 0 radical (unpaired) electrons. The van der Waals surface area contributed by atoms with Crippen LogP contribution in [0.2, 0.25) is 0 Å². The monoisotopic (exact) mass is 248 g/mol. The standard InChI is InChI=1S/C12H16N4O2/c1-9(2)15(8-4-7-13)12-11(16(17)18)6-5-10(3)14-12/h5-6,9H,4,8H2,1-3H3. The zero-order valence-corrected chi connectivity index (χ0v) is 10.8. The molecule has 0 bridgehead atoms. The maximum absolute atomic E-state index is 11.0. The van der Waals surface area contributed by atoms with Crippen LogP contribution in [0.3, 0.4) is 0 Å². The number of aromatic nitrogens is 1. The molecule has 0 unspecified atom stereocenters. The van der Waals surface area contributed by atoms with Crippen LogP contribution < -0.4 is 4.90 Å². The Morgan fingerprint density at radius 3 is 2.72 bits per heavy atom. The predicted molar refractivity (Wildman–Crippen MR) is 68.3 cm³/mol. The first-order chi connectivity index (χ1) is 8.47. The highest BCUT2D eigenvalue weighted by molar-refractivity contribution is 5.58. The van der Waals surface area contributed by atoms with Gasteiger partial charge in [-0.15, -0.1) is 0 Å². The van der Waals surface area contributed by atoms with E-state index in [-0.39, 0.29) is 11.7 Å². The molecule has 1 aromatic rings. The van der Waals surface area contributed by atoms with E-state index in [4.69, 9.17) is 5.26 Å². The summed E-state index contributed by atoms with van der Waals surface area (Å²) in [6, 6.07) is 5.17. The molecule has 18 heavy (non-hydrogen) atoms. The van der Waals surface area contributed by atoms with Gasteiger partial charge in [0.05, 0.1) is 17.4 Å². The number of nitro groups is 1. The van der Waals surface area contributed by atoms with E-state index in [2.05, 4.69) is 4.98 Å². The van der Waals surface area contributed by atoms with Crippen LogP contribution in [0.15, 0.2) is 12.1 Å². The molecule has 1 heterocycles. The fourth-order valence-corrected chi connectivity index (χ4v) is 1.67. The second kappa shape index (κ2) is 5.96. The van der Waals surface area contributed by atoms with Crippen molar-refractivity contribution in [3.63, 3.8) is 0 Å². The molecule has 96 valence electrons. The highest BCUT2D eigenvalue weighted by Crippen LogP contribution is 2.27. The molecule has 6 nitrogen and oxygen atoms in total. The Kier molecular flexibility index (Phi) is 4.60. The minimum Gasteiger partial charge on any atom is -0.347 e. The minimum absolute atomic E-state index is 0.0211. The largest absolute Gasteiger partial charge is 0.347 e. The quantitative estimate of drug-likeness (QED) is 0.590. The van der Waals surface area contributed by atoms with Crippen LogP contribution in [-0.2, 0) is 0 Å². The topological polar surface area (TPSA) is 83.1 Å². The van der Waals surface area contributed by atoms with Gasteiger partial charge in [0.15, 0.2) is 0 Å². The number of hydrogen-bond acceptors (Lipinski definition) is 5. The highest BCUT2D eigenvalue weighted by Gasteiger charge is 2.22. The van der Waals surface area contributed by atoms with E-state index in [0.29, 0.717) is 18.8 Å². The minimum atomic E-state index is -0.441. The molecule has 1 rings (SSSR count). The average molecular weight is 248 g/mol. The molecule has 0 spiro atoms. The molecule has 0 aliphatic rings. The lowest BCUT2D eigenvalue weighted by Gasteiger charge is -2.26. The molecule has 0 aliphatic carbocycles. The van der Waals surface area contributed by atoms with Gasteiger partial charge < -0.3 is 4.90 Å². The van der Waals surface area contributed by atoms with Crippen molar-refractivity contribution in [2.24, 2.45) is 0 Å². The normalized spacial score (nSPS) is 10.2. The van der Waals surface area contributed by atoms with E-state index >= 15 is 0 Å². The van der Waals surface area contributed by atoms with Gasteiger partial charge in [0.2, 0.25) is 5.82 Å². The van der Waals surface area contributed by atoms with Gasteiger partial charge in [-0.1, -0.05) is 0 Å². The number of aryl methyl sites for hydroxylation is 1. The molecule has 0 atom stereocenters. The van der Waals surface area contributed by atoms with Crippen molar-refractivity contribution in [2.75, 3.05) is 11.4 Å². The molecule has 0 saturated carbocycles. The molecule has 0 N–H and O–H groups in total. The van der Waals surface area contributed by atoms with Crippen LogP contribution >= 0.6 is 0 Å². The Bertz CT molecular complexity index is 479. The number of rotatable bonds is 5. The Hall–Kier alpha value is -2.16. The summed E-state index contributed by atoms with van der Waals surface area (Å²) >= 11 is 0. The number of pyridine rings is 1. The first-order valence-electron chi connectivity index (χ1n) is 5.73. The third-order valence-electron chi connectivity index (χ3n) is 2.55. The van der Waals surface area contributed by atoms with E-state index in [1.807, 2.05) is 19.9 Å². The SMILES string of the molecule is Cc1ccc([N+](=O)[O-])c(N(CCC#N)C(C)C)n1. The summed E-state index contributed by atoms with van der Waals surface area (Å²) in [4.78, 5) is 16.6. The molecule has 0 aliphatic heterocycles. The molecule has 0 fully saturated rings. The van der Waals surface area contributed by atoms with E-state index in [1.165, 1.54) is 6.07 Å².